The highest BCUT2D eigenvalue weighted by Crippen LogP contribution is 2.42. The van der Waals surface area contributed by atoms with Gasteiger partial charge in [-0.25, -0.2) is 0 Å². The summed E-state index contributed by atoms with van der Waals surface area (Å²) in [6, 6.07) is 97.5. The van der Waals surface area contributed by atoms with Gasteiger partial charge < -0.3 is 0 Å². The number of nitrogens with zero attached hydrogens (tertiary/aromatic N) is 3. The van der Waals surface area contributed by atoms with Gasteiger partial charge in [0.05, 0.1) is 16.6 Å². The molecule has 13 aromatic carbocycles. The summed E-state index contributed by atoms with van der Waals surface area (Å²) in [5.41, 5.74) is 18.9. The van der Waals surface area contributed by atoms with E-state index in [2.05, 4.69) is 261 Å². The predicted molar refractivity (Wildman–Crippen MR) is 338 cm³/mol. The topological polar surface area (TPSA) is 38.7 Å². The molecule has 3 heterocycles. The van der Waals surface area contributed by atoms with Crippen LogP contribution in [0.15, 0.2) is 286 Å². The van der Waals surface area contributed by atoms with E-state index in [1.165, 1.54) is 76.1 Å². The zero-order valence-electron chi connectivity index (χ0n) is 43.5. The Morgan fingerprint density at radius 2 is 0.662 bits per heavy atom. The van der Waals surface area contributed by atoms with Crippen molar-refractivity contribution < 1.29 is 0 Å². The van der Waals surface area contributed by atoms with Crippen LogP contribution in [0.5, 0.6) is 0 Å². The van der Waals surface area contributed by atoms with Crippen LogP contribution in [0.25, 0.3) is 164 Å². The maximum atomic E-state index is 5.19. The van der Waals surface area contributed by atoms with Gasteiger partial charge in [0.15, 0.2) is 0 Å². The number of benzene rings is 13. The fourth-order valence-electron chi connectivity index (χ4n) is 12.4. The molecule has 0 aliphatic heterocycles. The van der Waals surface area contributed by atoms with Crippen LogP contribution in [-0.2, 0) is 0 Å². The van der Waals surface area contributed by atoms with Crippen LogP contribution in [0.2, 0.25) is 0 Å². The maximum Gasteiger partial charge on any atom is 0.0780 e. The smallest absolute Gasteiger partial charge is 0.0780 e. The largest absolute Gasteiger partial charge is 0.256 e. The van der Waals surface area contributed by atoms with Crippen molar-refractivity contribution in [1.82, 2.24) is 15.0 Å². The molecule has 80 heavy (non-hydrogen) atoms. The predicted octanol–water partition coefficient (Wildman–Crippen LogP) is 20.8. The average molecular weight is 1010 g/mol. The molecule has 3 aromatic heterocycles. The Bertz CT molecular complexity index is 5200. The van der Waals surface area contributed by atoms with Gasteiger partial charge in [-0.15, -0.1) is 0 Å². The molecule has 0 aliphatic rings. The van der Waals surface area contributed by atoms with E-state index >= 15 is 0 Å². The maximum absolute atomic E-state index is 5.19. The highest BCUT2D eigenvalue weighted by atomic mass is 14.7. The molecular weight excluding hydrogens is 967 g/mol. The zero-order chi connectivity index (χ0) is 52.7. The van der Waals surface area contributed by atoms with Crippen LogP contribution in [0.3, 0.4) is 0 Å². The Balaban J connectivity index is 0.711. The first kappa shape index (κ1) is 45.6. The van der Waals surface area contributed by atoms with Crippen LogP contribution in [0, 0.1) is 0 Å². The van der Waals surface area contributed by atoms with E-state index in [-0.39, 0.29) is 0 Å². The Labute approximate surface area is 462 Å². The van der Waals surface area contributed by atoms with Crippen molar-refractivity contribution in [3.05, 3.63) is 286 Å². The summed E-state index contributed by atoms with van der Waals surface area (Å²) in [5.74, 6) is 0. The minimum Gasteiger partial charge on any atom is -0.256 e. The van der Waals surface area contributed by atoms with Crippen LogP contribution < -0.4 is 0 Å². The average Bonchev–Trinajstić information content (AvgIpc) is 3.63. The lowest BCUT2D eigenvalue weighted by atomic mass is 9.89. The molecule has 0 amide bonds. The van der Waals surface area contributed by atoms with E-state index in [0.717, 1.165) is 88.3 Å². The van der Waals surface area contributed by atoms with Gasteiger partial charge >= 0.3 is 0 Å². The quantitative estimate of drug-likeness (QED) is 0.149. The molecular formula is C77H47N3. The van der Waals surface area contributed by atoms with Gasteiger partial charge in [0.2, 0.25) is 0 Å². The van der Waals surface area contributed by atoms with Gasteiger partial charge in [-0.3, -0.25) is 15.0 Å². The van der Waals surface area contributed by atoms with Gasteiger partial charge in [0.1, 0.15) is 0 Å². The van der Waals surface area contributed by atoms with Crippen LogP contribution in [0.1, 0.15) is 0 Å². The van der Waals surface area contributed by atoms with E-state index in [1.54, 1.807) is 0 Å². The molecule has 370 valence electrons. The zero-order valence-corrected chi connectivity index (χ0v) is 43.5. The Hall–Kier alpha value is -10.6. The summed E-state index contributed by atoms with van der Waals surface area (Å²) in [6.07, 6.45) is 5.87. The molecule has 0 atom stereocenters. The molecule has 0 saturated carbocycles. The minimum atomic E-state index is 0.957. The summed E-state index contributed by atoms with van der Waals surface area (Å²) >= 11 is 0. The molecule has 0 saturated heterocycles. The highest BCUT2D eigenvalue weighted by molar-refractivity contribution is 6.14. The van der Waals surface area contributed by atoms with Crippen LogP contribution >= 0.6 is 0 Å². The SMILES string of the molecule is c1cc(-c2cc(-c3cccc(-c4cccc5cccnc45)c3)c3ccc4ccccc4c3c2)cc(-c2cccc3cc(-c4cnc5cc(-c6ccc7ccc(-c8ccc9ccc%10ccccc%10c9c8)cc7c6)ccc5c4)cnc23)c1. The first-order chi connectivity index (χ1) is 39.6. The fraction of sp³-hybridized carbons (Fsp3) is 0. The van der Waals surface area contributed by atoms with Crippen LogP contribution in [-0.4, -0.2) is 15.0 Å². The van der Waals surface area contributed by atoms with Crippen molar-refractivity contribution in [2.75, 3.05) is 0 Å². The Kier molecular flexibility index (Phi) is 10.6. The second-order valence-electron chi connectivity index (χ2n) is 21.2. The molecule has 0 fully saturated rings. The number of fused-ring (bicyclic) bond motifs is 10. The minimum absolute atomic E-state index is 0.957. The van der Waals surface area contributed by atoms with Crippen LogP contribution in [0.4, 0.5) is 0 Å². The molecule has 16 aromatic rings. The molecule has 16 rings (SSSR count). The second kappa shape index (κ2) is 18.6. The third kappa shape index (κ3) is 7.86. The van der Waals surface area contributed by atoms with E-state index < -0.39 is 0 Å². The normalized spacial score (nSPS) is 11.8. The Morgan fingerprint density at radius 1 is 0.188 bits per heavy atom. The number of rotatable bonds is 7. The molecule has 0 N–H and O–H groups in total. The van der Waals surface area contributed by atoms with Crippen molar-refractivity contribution in [2.24, 2.45) is 0 Å². The standard InChI is InChI=1S/C77H47N3/c1-3-19-67-49(10-1)25-26-51-27-30-56(42-72(51)67)54-28-23-48-24-29-55(38-63(48)37-54)57-31-32-61-40-65(46-79-75(61)45-57)66-41-62-17-8-22-70(77(62)80-47-66)58-14-5-13-53(36-58)64-43-73(71-34-33-50-11-2-4-20-68(50)74(71)44-64)60-16-6-15-59(39-60)69-21-7-12-52-18-9-35-78-76(52)69/h1-47H. The molecule has 3 heteroatoms. The lowest BCUT2D eigenvalue weighted by Crippen LogP contribution is -1.90. The molecule has 0 unspecified atom stereocenters. The Morgan fingerprint density at radius 3 is 1.41 bits per heavy atom. The number of aromatic nitrogens is 3. The first-order valence-electron chi connectivity index (χ1n) is 27.3. The summed E-state index contributed by atoms with van der Waals surface area (Å²) in [4.78, 5) is 15.0. The lowest BCUT2D eigenvalue weighted by Gasteiger charge is -2.15. The summed E-state index contributed by atoms with van der Waals surface area (Å²) in [7, 11) is 0. The van der Waals surface area contributed by atoms with Crippen molar-refractivity contribution in [2.45, 2.75) is 0 Å². The summed E-state index contributed by atoms with van der Waals surface area (Å²) in [6.45, 7) is 0. The van der Waals surface area contributed by atoms with E-state index in [4.69, 9.17) is 15.0 Å². The third-order valence-corrected chi connectivity index (χ3v) is 16.5. The van der Waals surface area contributed by atoms with Gasteiger partial charge in [0.25, 0.3) is 0 Å². The number of hydrogen-bond acceptors (Lipinski definition) is 3. The van der Waals surface area contributed by atoms with Gasteiger partial charge in [-0.1, -0.05) is 200 Å². The van der Waals surface area contributed by atoms with E-state index in [9.17, 15) is 0 Å². The number of pyridine rings is 3. The second-order valence-corrected chi connectivity index (χ2v) is 21.2. The van der Waals surface area contributed by atoms with Crippen molar-refractivity contribution in [3.63, 3.8) is 0 Å². The van der Waals surface area contributed by atoms with Gasteiger partial charge in [-0.05, 0) is 176 Å². The third-order valence-electron chi connectivity index (χ3n) is 16.5. The number of para-hydroxylation sites is 2. The molecule has 0 bridgehead atoms. The van der Waals surface area contributed by atoms with Gasteiger partial charge in [0, 0.05) is 57.0 Å². The van der Waals surface area contributed by atoms with E-state index in [1.807, 2.05) is 24.7 Å². The number of hydrogen-bond donors (Lipinski definition) is 0. The molecule has 0 spiro atoms. The van der Waals surface area contributed by atoms with Crippen molar-refractivity contribution in [1.29, 1.82) is 0 Å². The fourth-order valence-corrected chi connectivity index (χ4v) is 12.4. The molecule has 0 radical (unpaired) electrons. The highest BCUT2D eigenvalue weighted by Gasteiger charge is 2.16. The lowest BCUT2D eigenvalue weighted by molar-refractivity contribution is 1.37. The van der Waals surface area contributed by atoms with E-state index in [0.29, 0.717) is 0 Å². The van der Waals surface area contributed by atoms with Gasteiger partial charge in [-0.2, -0.15) is 0 Å². The van der Waals surface area contributed by atoms with Crippen molar-refractivity contribution >= 4 is 86.6 Å². The van der Waals surface area contributed by atoms with Crippen molar-refractivity contribution in [3.8, 4) is 77.9 Å². The monoisotopic (exact) mass is 1010 g/mol. The summed E-state index contributed by atoms with van der Waals surface area (Å²) in [5, 5.41) is 15.7. The molecule has 0 aliphatic carbocycles. The molecule has 3 nitrogen and oxygen atoms in total. The first-order valence-corrected chi connectivity index (χ1v) is 27.3. The summed E-state index contributed by atoms with van der Waals surface area (Å²) < 4.78 is 0.